The Morgan fingerprint density at radius 1 is 1.50 bits per heavy atom. The molecule has 1 rings (SSSR count). The maximum absolute atomic E-state index is 5.90. The van der Waals surface area contributed by atoms with Gasteiger partial charge in [-0.25, -0.2) is 0 Å². The van der Waals surface area contributed by atoms with E-state index in [1.54, 1.807) is 0 Å². The molecule has 1 nitrogen and oxygen atoms in total. The van der Waals surface area contributed by atoms with E-state index in [0.717, 1.165) is 22.0 Å². The van der Waals surface area contributed by atoms with E-state index in [2.05, 4.69) is 13.8 Å². The van der Waals surface area contributed by atoms with Crippen molar-refractivity contribution in [3.8, 4) is 0 Å². The summed E-state index contributed by atoms with van der Waals surface area (Å²) in [6.07, 6.45) is 1.19. The molecular weight excluding hydrogens is 214 g/mol. The van der Waals surface area contributed by atoms with Crippen LogP contribution in [-0.4, -0.2) is 5.25 Å². The number of rotatable bonds is 4. The molecule has 0 heterocycles. The molecule has 0 saturated heterocycles. The van der Waals surface area contributed by atoms with Gasteiger partial charge in [0, 0.05) is 21.7 Å². The third-order valence-electron chi connectivity index (χ3n) is 2.20. The summed E-state index contributed by atoms with van der Waals surface area (Å²) in [4.78, 5) is 0. The smallest absolute Gasteiger partial charge is 0.0410 e. The highest BCUT2D eigenvalue weighted by Gasteiger charge is 2.03. The molecular formula is C11H16ClNS. The standard InChI is InChI=1S/C11H16ClNS/c1-3-8(2)14-7-9-6-10(12)4-5-11(9)13/h4-6,8H,3,7,13H2,1-2H3. The van der Waals surface area contributed by atoms with Gasteiger partial charge in [0.2, 0.25) is 0 Å². The highest BCUT2D eigenvalue weighted by atomic mass is 35.5. The predicted molar refractivity (Wildman–Crippen MR) is 66.9 cm³/mol. The normalized spacial score (nSPS) is 12.8. The Balaban J connectivity index is 2.62. The minimum Gasteiger partial charge on any atom is -0.398 e. The maximum Gasteiger partial charge on any atom is 0.0410 e. The van der Waals surface area contributed by atoms with Crippen LogP contribution in [0.1, 0.15) is 25.8 Å². The highest BCUT2D eigenvalue weighted by molar-refractivity contribution is 7.99. The summed E-state index contributed by atoms with van der Waals surface area (Å²) in [6.45, 7) is 4.42. The van der Waals surface area contributed by atoms with Gasteiger partial charge in [0.1, 0.15) is 0 Å². The SMILES string of the molecule is CCC(C)SCc1cc(Cl)ccc1N. The van der Waals surface area contributed by atoms with Crippen molar-refractivity contribution in [2.75, 3.05) is 5.73 Å². The predicted octanol–water partition coefficient (Wildman–Crippen LogP) is 3.95. The van der Waals surface area contributed by atoms with E-state index in [1.807, 2.05) is 30.0 Å². The Morgan fingerprint density at radius 3 is 2.86 bits per heavy atom. The summed E-state index contributed by atoms with van der Waals surface area (Å²) in [7, 11) is 0. The summed E-state index contributed by atoms with van der Waals surface area (Å²) >= 11 is 7.81. The lowest BCUT2D eigenvalue weighted by atomic mass is 10.2. The van der Waals surface area contributed by atoms with Crippen molar-refractivity contribution in [3.05, 3.63) is 28.8 Å². The average molecular weight is 230 g/mol. The van der Waals surface area contributed by atoms with Gasteiger partial charge in [-0.1, -0.05) is 25.4 Å². The van der Waals surface area contributed by atoms with Gasteiger partial charge >= 0.3 is 0 Å². The number of nitrogens with two attached hydrogens (primary N) is 1. The van der Waals surface area contributed by atoms with Crippen molar-refractivity contribution in [1.29, 1.82) is 0 Å². The maximum atomic E-state index is 5.90. The second kappa shape index (κ2) is 5.52. The van der Waals surface area contributed by atoms with Crippen molar-refractivity contribution in [3.63, 3.8) is 0 Å². The third-order valence-corrected chi connectivity index (χ3v) is 3.82. The molecule has 1 atom stereocenters. The zero-order valence-electron chi connectivity index (χ0n) is 8.59. The van der Waals surface area contributed by atoms with Crippen molar-refractivity contribution >= 4 is 29.1 Å². The van der Waals surface area contributed by atoms with E-state index >= 15 is 0 Å². The van der Waals surface area contributed by atoms with Gasteiger partial charge in [0.05, 0.1) is 0 Å². The van der Waals surface area contributed by atoms with E-state index in [9.17, 15) is 0 Å². The minimum atomic E-state index is 0.674. The van der Waals surface area contributed by atoms with Gasteiger partial charge in [0.25, 0.3) is 0 Å². The fraction of sp³-hybridized carbons (Fsp3) is 0.455. The zero-order valence-corrected chi connectivity index (χ0v) is 10.2. The summed E-state index contributed by atoms with van der Waals surface area (Å²) in [5.74, 6) is 0.946. The van der Waals surface area contributed by atoms with E-state index in [4.69, 9.17) is 17.3 Å². The van der Waals surface area contributed by atoms with Crippen molar-refractivity contribution < 1.29 is 0 Å². The minimum absolute atomic E-state index is 0.674. The highest BCUT2D eigenvalue weighted by Crippen LogP contribution is 2.25. The molecule has 0 aliphatic rings. The van der Waals surface area contributed by atoms with Gasteiger partial charge in [-0.05, 0) is 30.2 Å². The van der Waals surface area contributed by atoms with Crippen LogP contribution in [0, 0.1) is 0 Å². The molecule has 1 aromatic carbocycles. The Bertz CT molecular complexity index is 301. The Hall–Kier alpha value is -0.340. The van der Waals surface area contributed by atoms with Crippen molar-refractivity contribution in [2.45, 2.75) is 31.3 Å². The molecule has 0 saturated carbocycles. The third kappa shape index (κ3) is 3.43. The first-order valence-electron chi connectivity index (χ1n) is 4.79. The van der Waals surface area contributed by atoms with Crippen LogP contribution < -0.4 is 5.73 Å². The van der Waals surface area contributed by atoms with Gasteiger partial charge in [-0.3, -0.25) is 0 Å². The Kier molecular flexibility index (Phi) is 4.63. The molecule has 0 aliphatic heterocycles. The number of nitrogen functional groups attached to an aromatic ring is 1. The zero-order chi connectivity index (χ0) is 10.6. The lowest BCUT2D eigenvalue weighted by Gasteiger charge is -2.10. The number of benzene rings is 1. The molecule has 78 valence electrons. The van der Waals surface area contributed by atoms with Gasteiger partial charge < -0.3 is 5.73 Å². The van der Waals surface area contributed by atoms with Crippen LogP contribution in [0.15, 0.2) is 18.2 Å². The molecule has 14 heavy (non-hydrogen) atoms. The van der Waals surface area contributed by atoms with Crippen LogP contribution in [0.5, 0.6) is 0 Å². The number of thioether (sulfide) groups is 1. The number of halogens is 1. The molecule has 0 amide bonds. The van der Waals surface area contributed by atoms with Crippen LogP contribution in [0.4, 0.5) is 5.69 Å². The van der Waals surface area contributed by atoms with E-state index in [1.165, 1.54) is 6.42 Å². The second-order valence-electron chi connectivity index (χ2n) is 3.37. The molecule has 0 spiro atoms. The first-order valence-corrected chi connectivity index (χ1v) is 6.21. The number of hydrogen-bond acceptors (Lipinski definition) is 2. The first-order chi connectivity index (χ1) is 6.63. The monoisotopic (exact) mass is 229 g/mol. The van der Waals surface area contributed by atoms with E-state index in [-0.39, 0.29) is 0 Å². The van der Waals surface area contributed by atoms with Gasteiger partial charge in [0.15, 0.2) is 0 Å². The molecule has 0 aliphatic carbocycles. The number of hydrogen-bond donors (Lipinski definition) is 1. The molecule has 0 bridgehead atoms. The van der Waals surface area contributed by atoms with Crippen molar-refractivity contribution in [2.24, 2.45) is 0 Å². The largest absolute Gasteiger partial charge is 0.398 e. The average Bonchev–Trinajstić information content (AvgIpc) is 2.19. The Labute approximate surface area is 95.0 Å². The van der Waals surface area contributed by atoms with Crippen molar-refractivity contribution in [1.82, 2.24) is 0 Å². The Morgan fingerprint density at radius 2 is 2.21 bits per heavy atom. The fourth-order valence-electron chi connectivity index (χ4n) is 1.05. The fourth-order valence-corrected chi connectivity index (χ4v) is 2.19. The summed E-state index contributed by atoms with van der Waals surface area (Å²) in [6, 6.07) is 5.65. The summed E-state index contributed by atoms with van der Waals surface area (Å²) < 4.78 is 0. The molecule has 1 aromatic rings. The van der Waals surface area contributed by atoms with Crippen LogP contribution in [-0.2, 0) is 5.75 Å². The molecule has 3 heteroatoms. The molecule has 0 radical (unpaired) electrons. The van der Waals surface area contributed by atoms with E-state index in [0.29, 0.717) is 5.25 Å². The molecule has 0 fully saturated rings. The van der Waals surface area contributed by atoms with Gasteiger partial charge in [-0.2, -0.15) is 11.8 Å². The summed E-state index contributed by atoms with van der Waals surface area (Å²) in [5, 5.41) is 1.44. The van der Waals surface area contributed by atoms with Crippen LogP contribution in [0.2, 0.25) is 5.02 Å². The second-order valence-corrected chi connectivity index (χ2v) is 5.24. The summed E-state index contributed by atoms with van der Waals surface area (Å²) in [5.41, 5.74) is 7.82. The molecule has 1 unspecified atom stereocenters. The van der Waals surface area contributed by atoms with Crippen LogP contribution in [0.3, 0.4) is 0 Å². The quantitative estimate of drug-likeness (QED) is 0.792. The molecule has 0 aromatic heterocycles. The van der Waals surface area contributed by atoms with E-state index < -0.39 is 0 Å². The van der Waals surface area contributed by atoms with Gasteiger partial charge in [-0.15, -0.1) is 0 Å². The van der Waals surface area contributed by atoms with Crippen LogP contribution >= 0.6 is 23.4 Å². The molecule has 2 N–H and O–H groups in total. The topological polar surface area (TPSA) is 26.0 Å². The first kappa shape index (κ1) is 11.7. The lowest BCUT2D eigenvalue weighted by Crippen LogP contribution is -1.97. The van der Waals surface area contributed by atoms with Crippen LogP contribution in [0.25, 0.3) is 0 Å². The number of anilines is 1. The lowest BCUT2D eigenvalue weighted by molar-refractivity contribution is 0.905.